The number of pyridine rings is 2. The normalized spacial score (nSPS) is 11.1. The summed E-state index contributed by atoms with van der Waals surface area (Å²) >= 11 is 0. The minimum atomic E-state index is -0.182. The maximum absolute atomic E-state index is 13.4. The third-order valence-electron chi connectivity index (χ3n) is 5.15. The van der Waals surface area contributed by atoms with Gasteiger partial charge in [0.15, 0.2) is 0 Å². The van der Waals surface area contributed by atoms with Gasteiger partial charge in [-0.3, -0.25) is 14.2 Å². The van der Waals surface area contributed by atoms with Gasteiger partial charge < -0.3 is 5.32 Å². The SMILES string of the molecule is Cc1ccc2nc(C)cc(C(=O)Nc3c(-c4ccccc4)nc4ccccn34)c2c1. The first-order valence-corrected chi connectivity index (χ1v) is 9.82. The smallest absolute Gasteiger partial charge is 0.257 e. The van der Waals surface area contributed by atoms with Gasteiger partial charge in [-0.05, 0) is 44.2 Å². The highest BCUT2D eigenvalue weighted by atomic mass is 16.1. The van der Waals surface area contributed by atoms with Gasteiger partial charge >= 0.3 is 0 Å². The number of nitrogens with zero attached hydrogens (tertiary/aromatic N) is 3. The molecule has 0 aliphatic rings. The third-order valence-corrected chi connectivity index (χ3v) is 5.15. The van der Waals surface area contributed by atoms with Gasteiger partial charge in [-0.1, -0.05) is 48.0 Å². The number of benzene rings is 2. The van der Waals surface area contributed by atoms with Crippen molar-refractivity contribution in [1.29, 1.82) is 0 Å². The molecule has 0 saturated carbocycles. The van der Waals surface area contributed by atoms with Gasteiger partial charge in [0.2, 0.25) is 0 Å². The van der Waals surface area contributed by atoms with Gasteiger partial charge in [0, 0.05) is 22.8 Å². The molecule has 30 heavy (non-hydrogen) atoms. The Hall–Kier alpha value is -3.99. The monoisotopic (exact) mass is 392 g/mol. The number of aromatic nitrogens is 3. The zero-order valence-electron chi connectivity index (χ0n) is 16.8. The molecular weight excluding hydrogens is 372 g/mol. The van der Waals surface area contributed by atoms with Crippen LogP contribution in [0.4, 0.5) is 5.82 Å². The minimum Gasteiger partial charge on any atom is -0.306 e. The molecule has 0 spiro atoms. The summed E-state index contributed by atoms with van der Waals surface area (Å²) in [6.07, 6.45) is 1.91. The molecule has 1 amide bonds. The predicted molar refractivity (Wildman–Crippen MR) is 120 cm³/mol. The van der Waals surface area contributed by atoms with Crippen LogP contribution in [-0.2, 0) is 0 Å². The van der Waals surface area contributed by atoms with Crippen LogP contribution >= 0.6 is 0 Å². The van der Waals surface area contributed by atoms with Gasteiger partial charge in [-0.25, -0.2) is 4.98 Å². The highest BCUT2D eigenvalue weighted by molar-refractivity contribution is 6.13. The number of carbonyl (C=O) groups is 1. The molecule has 0 atom stereocenters. The molecule has 0 saturated heterocycles. The number of aryl methyl sites for hydroxylation is 2. The second kappa shape index (κ2) is 7.12. The first-order valence-electron chi connectivity index (χ1n) is 9.82. The molecule has 5 rings (SSSR count). The van der Waals surface area contributed by atoms with E-state index in [1.807, 2.05) is 97.2 Å². The van der Waals surface area contributed by atoms with Crippen molar-refractivity contribution in [3.63, 3.8) is 0 Å². The molecular formula is C25H20N4O. The van der Waals surface area contributed by atoms with Crippen molar-refractivity contribution in [3.8, 4) is 11.3 Å². The lowest BCUT2D eigenvalue weighted by Gasteiger charge is -2.11. The van der Waals surface area contributed by atoms with E-state index in [-0.39, 0.29) is 5.91 Å². The van der Waals surface area contributed by atoms with Crippen molar-refractivity contribution in [2.75, 3.05) is 5.32 Å². The van der Waals surface area contributed by atoms with Crippen molar-refractivity contribution in [2.45, 2.75) is 13.8 Å². The summed E-state index contributed by atoms with van der Waals surface area (Å²) in [4.78, 5) is 22.8. The molecule has 0 aliphatic heterocycles. The molecule has 5 nitrogen and oxygen atoms in total. The maximum Gasteiger partial charge on any atom is 0.257 e. The van der Waals surface area contributed by atoms with E-state index in [4.69, 9.17) is 4.98 Å². The summed E-state index contributed by atoms with van der Waals surface area (Å²) < 4.78 is 1.90. The number of fused-ring (bicyclic) bond motifs is 2. The Kier molecular flexibility index (Phi) is 4.29. The number of carbonyl (C=O) groups excluding carboxylic acids is 1. The number of rotatable bonds is 3. The predicted octanol–water partition coefficient (Wildman–Crippen LogP) is 5.42. The summed E-state index contributed by atoms with van der Waals surface area (Å²) in [5, 5.41) is 3.96. The molecule has 5 heteroatoms. The van der Waals surface area contributed by atoms with Gasteiger partial charge in [0.1, 0.15) is 17.2 Å². The fourth-order valence-electron chi connectivity index (χ4n) is 3.75. The van der Waals surface area contributed by atoms with Crippen LogP contribution in [0.1, 0.15) is 21.6 Å². The number of hydrogen-bond donors (Lipinski definition) is 1. The lowest BCUT2D eigenvalue weighted by molar-refractivity contribution is 0.102. The van der Waals surface area contributed by atoms with Gasteiger partial charge in [0.05, 0.1) is 11.1 Å². The van der Waals surface area contributed by atoms with Crippen LogP contribution in [0.2, 0.25) is 0 Å². The van der Waals surface area contributed by atoms with Crippen molar-refractivity contribution in [2.24, 2.45) is 0 Å². The Labute approximate surface area is 174 Å². The first-order chi connectivity index (χ1) is 14.6. The Balaban J connectivity index is 1.66. The summed E-state index contributed by atoms with van der Waals surface area (Å²) in [6, 6.07) is 23.5. The molecule has 2 aromatic carbocycles. The summed E-state index contributed by atoms with van der Waals surface area (Å²) in [7, 11) is 0. The highest BCUT2D eigenvalue weighted by Crippen LogP contribution is 2.30. The van der Waals surface area contributed by atoms with E-state index in [0.29, 0.717) is 11.4 Å². The molecule has 1 N–H and O–H groups in total. The van der Waals surface area contributed by atoms with Crippen LogP contribution in [0.15, 0.2) is 79.0 Å². The van der Waals surface area contributed by atoms with Crippen LogP contribution in [-0.4, -0.2) is 20.3 Å². The standard InChI is InChI=1S/C25H20N4O/c1-16-11-12-21-19(14-16)20(15-17(2)26-21)25(30)28-24-23(18-8-4-3-5-9-18)27-22-10-6-7-13-29(22)24/h3-15H,1-2H3,(H,28,30). The molecule has 0 unspecified atom stereocenters. The number of nitrogens with one attached hydrogen (secondary N) is 1. The second-order valence-electron chi connectivity index (χ2n) is 7.39. The number of anilines is 1. The Morgan fingerprint density at radius 3 is 2.53 bits per heavy atom. The van der Waals surface area contributed by atoms with Crippen molar-refractivity contribution in [1.82, 2.24) is 14.4 Å². The highest BCUT2D eigenvalue weighted by Gasteiger charge is 2.19. The van der Waals surface area contributed by atoms with Crippen molar-refractivity contribution >= 4 is 28.3 Å². The quantitative estimate of drug-likeness (QED) is 0.446. The topological polar surface area (TPSA) is 59.3 Å². The Morgan fingerprint density at radius 2 is 1.70 bits per heavy atom. The van der Waals surface area contributed by atoms with E-state index in [1.165, 1.54) is 0 Å². The zero-order valence-corrected chi connectivity index (χ0v) is 16.8. The molecule has 0 fully saturated rings. The molecule has 0 aliphatic carbocycles. The van der Waals surface area contributed by atoms with Gasteiger partial charge in [-0.2, -0.15) is 0 Å². The van der Waals surface area contributed by atoms with Crippen LogP contribution in [0, 0.1) is 13.8 Å². The minimum absolute atomic E-state index is 0.182. The molecule has 3 heterocycles. The van der Waals surface area contributed by atoms with Crippen molar-refractivity contribution < 1.29 is 4.79 Å². The molecule has 0 bridgehead atoms. The second-order valence-corrected chi connectivity index (χ2v) is 7.39. The van der Waals surface area contributed by atoms with E-state index < -0.39 is 0 Å². The molecule has 5 aromatic rings. The fourth-order valence-corrected chi connectivity index (χ4v) is 3.75. The largest absolute Gasteiger partial charge is 0.306 e. The first kappa shape index (κ1) is 18.1. The van der Waals surface area contributed by atoms with Crippen LogP contribution in [0.5, 0.6) is 0 Å². The number of amides is 1. The van der Waals surface area contributed by atoms with Gasteiger partial charge in [0.25, 0.3) is 5.91 Å². The fraction of sp³-hybridized carbons (Fsp3) is 0.0800. The summed E-state index contributed by atoms with van der Waals surface area (Å²) in [6.45, 7) is 3.92. The average Bonchev–Trinajstić information content (AvgIpc) is 3.12. The van der Waals surface area contributed by atoms with E-state index in [0.717, 1.165) is 39.1 Å². The number of hydrogen-bond acceptors (Lipinski definition) is 3. The van der Waals surface area contributed by atoms with E-state index in [9.17, 15) is 4.79 Å². The lowest BCUT2D eigenvalue weighted by atomic mass is 10.0. The van der Waals surface area contributed by atoms with E-state index in [2.05, 4.69) is 10.3 Å². The average molecular weight is 392 g/mol. The summed E-state index contributed by atoms with van der Waals surface area (Å²) in [5.41, 5.74) is 5.76. The van der Waals surface area contributed by atoms with Gasteiger partial charge in [-0.15, -0.1) is 0 Å². The van der Waals surface area contributed by atoms with Crippen molar-refractivity contribution in [3.05, 3.63) is 95.8 Å². The molecule has 0 radical (unpaired) electrons. The maximum atomic E-state index is 13.4. The number of imidazole rings is 1. The Morgan fingerprint density at radius 1 is 0.900 bits per heavy atom. The Bertz CT molecular complexity index is 1400. The van der Waals surface area contributed by atoms with Crippen LogP contribution < -0.4 is 5.32 Å². The van der Waals surface area contributed by atoms with E-state index >= 15 is 0 Å². The summed E-state index contributed by atoms with van der Waals surface area (Å²) in [5.74, 6) is 0.469. The van der Waals surface area contributed by atoms with E-state index in [1.54, 1.807) is 0 Å². The zero-order chi connectivity index (χ0) is 20.7. The molecule has 3 aromatic heterocycles. The molecule has 146 valence electrons. The van der Waals surface area contributed by atoms with Crippen LogP contribution in [0.25, 0.3) is 27.8 Å². The van der Waals surface area contributed by atoms with Crippen LogP contribution in [0.3, 0.4) is 0 Å². The lowest BCUT2D eigenvalue weighted by Crippen LogP contribution is -2.15. The third kappa shape index (κ3) is 3.10.